The number of methoxy groups -OCH3 is 1. The van der Waals surface area contributed by atoms with Crippen LogP contribution in [-0.4, -0.2) is 48.8 Å². The Morgan fingerprint density at radius 2 is 2.08 bits per heavy atom. The Kier molecular flexibility index (Phi) is 8.25. The molecule has 0 spiro atoms. The molecule has 1 aromatic heterocycles. The SMILES string of the molecule is CC[C@H](C)[C@H](NC(=O)COC(=O)c1cccnc1SC)C(=O)OC. The maximum atomic E-state index is 12.0. The van der Waals surface area contributed by atoms with Gasteiger partial charge >= 0.3 is 11.9 Å². The van der Waals surface area contributed by atoms with Crippen molar-refractivity contribution in [1.29, 1.82) is 0 Å². The molecule has 0 aliphatic carbocycles. The average Bonchev–Trinajstić information content (AvgIpc) is 2.62. The van der Waals surface area contributed by atoms with E-state index in [9.17, 15) is 14.4 Å². The van der Waals surface area contributed by atoms with Crippen LogP contribution in [0, 0.1) is 5.92 Å². The monoisotopic (exact) mass is 354 g/mol. The number of pyridine rings is 1. The third-order valence-corrected chi connectivity index (χ3v) is 4.22. The van der Waals surface area contributed by atoms with Crippen LogP contribution in [0.5, 0.6) is 0 Å². The Labute approximate surface area is 145 Å². The fraction of sp³-hybridized carbons (Fsp3) is 0.500. The normalized spacial score (nSPS) is 12.8. The molecular weight excluding hydrogens is 332 g/mol. The Balaban J connectivity index is 2.64. The van der Waals surface area contributed by atoms with Gasteiger partial charge in [-0.2, -0.15) is 0 Å². The summed E-state index contributed by atoms with van der Waals surface area (Å²) in [5, 5.41) is 3.07. The van der Waals surface area contributed by atoms with E-state index >= 15 is 0 Å². The molecule has 0 radical (unpaired) electrons. The minimum atomic E-state index is -0.772. The van der Waals surface area contributed by atoms with Gasteiger partial charge in [-0.3, -0.25) is 4.79 Å². The van der Waals surface area contributed by atoms with Gasteiger partial charge < -0.3 is 14.8 Å². The Morgan fingerprint density at radius 3 is 2.67 bits per heavy atom. The van der Waals surface area contributed by atoms with Crippen molar-refractivity contribution in [3.8, 4) is 0 Å². The number of rotatable bonds is 8. The van der Waals surface area contributed by atoms with Crippen molar-refractivity contribution < 1.29 is 23.9 Å². The van der Waals surface area contributed by atoms with E-state index in [2.05, 4.69) is 15.0 Å². The molecule has 0 aliphatic heterocycles. The molecule has 0 aromatic carbocycles. The molecule has 1 rings (SSSR count). The minimum absolute atomic E-state index is 0.0986. The van der Waals surface area contributed by atoms with Crippen LogP contribution in [0.2, 0.25) is 0 Å². The first-order chi connectivity index (χ1) is 11.4. The van der Waals surface area contributed by atoms with Crippen molar-refractivity contribution in [2.24, 2.45) is 5.92 Å². The molecule has 0 fully saturated rings. The second-order valence-corrected chi connectivity index (χ2v) is 5.89. The summed E-state index contributed by atoms with van der Waals surface area (Å²) in [6, 6.07) is 2.42. The number of esters is 2. The molecule has 7 nitrogen and oxygen atoms in total. The standard InChI is InChI=1S/C16H22N2O5S/c1-5-10(2)13(16(21)22-3)18-12(19)9-23-15(20)11-7-6-8-17-14(11)24-4/h6-8,10,13H,5,9H2,1-4H3,(H,18,19)/t10-,13-/m0/s1. The number of carbonyl (C=O) groups is 3. The maximum absolute atomic E-state index is 12.0. The molecule has 1 aromatic rings. The van der Waals surface area contributed by atoms with Gasteiger partial charge in [0.25, 0.3) is 5.91 Å². The molecule has 132 valence electrons. The van der Waals surface area contributed by atoms with Crippen LogP contribution in [-0.2, 0) is 19.1 Å². The highest BCUT2D eigenvalue weighted by Crippen LogP contribution is 2.17. The van der Waals surface area contributed by atoms with E-state index in [0.29, 0.717) is 17.0 Å². The Morgan fingerprint density at radius 1 is 1.38 bits per heavy atom. The summed E-state index contributed by atoms with van der Waals surface area (Å²) in [6.07, 6.45) is 4.05. The van der Waals surface area contributed by atoms with Crippen LogP contribution in [0.3, 0.4) is 0 Å². The van der Waals surface area contributed by atoms with Gasteiger partial charge in [0, 0.05) is 6.20 Å². The van der Waals surface area contributed by atoms with E-state index in [-0.39, 0.29) is 5.92 Å². The average molecular weight is 354 g/mol. The highest BCUT2D eigenvalue weighted by Gasteiger charge is 2.27. The molecule has 0 bridgehead atoms. The van der Waals surface area contributed by atoms with E-state index in [1.54, 1.807) is 24.6 Å². The van der Waals surface area contributed by atoms with Crippen molar-refractivity contribution in [1.82, 2.24) is 10.3 Å². The number of nitrogens with zero attached hydrogens (tertiary/aromatic N) is 1. The van der Waals surface area contributed by atoms with Crippen LogP contribution in [0.15, 0.2) is 23.4 Å². The first-order valence-corrected chi connectivity index (χ1v) is 8.70. The lowest BCUT2D eigenvalue weighted by molar-refractivity contribution is -0.147. The number of nitrogens with one attached hydrogen (secondary N) is 1. The van der Waals surface area contributed by atoms with E-state index in [1.807, 2.05) is 13.8 Å². The summed E-state index contributed by atoms with van der Waals surface area (Å²) in [5.74, 6) is -1.83. The zero-order chi connectivity index (χ0) is 18.1. The lowest BCUT2D eigenvalue weighted by Gasteiger charge is -2.21. The summed E-state index contributed by atoms with van der Waals surface area (Å²) in [6.45, 7) is 3.25. The first-order valence-electron chi connectivity index (χ1n) is 7.47. The second-order valence-electron chi connectivity index (χ2n) is 5.09. The fourth-order valence-electron chi connectivity index (χ4n) is 1.93. The molecule has 8 heteroatoms. The molecule has 0 aliphatic rings. The summed E-state index contributed by atoms with van der Waals surface area (Å²) in [7, 11) is 1.26. The summed E-state index contributed by atoms with van der Waals surface area (Å²) in [4.78, 5) is 39.8. The molecule has 0 unspecified atom stereocenters. The van der Waals surface area contributed by atoms with Crippen molar-refractivity contribution in [2.45, 2.75) is 31.3 Å². The van der Waals surface area contributed by atoms with Crippen molar-refractivity contribution in [3.05, 3.63) is 23.9 Å². The van der Waals surface area contributed by atoms with Gasteiger partial charge in [-0.1, -0.05) is 20.3 Å². The number of carbonyl (C=O) groups excluding carboxylic acids is 3. The topological polar surface area (TPSA) is 94.6 Å². The van der Waals surface area contributed by atoms with E-state index in [4.69, 9.17) is 4.74 Å². The maximum Gasteiger partial charge on any atom is 0.341 e. The number of hydrogen-bond donors (Lipinski definition) is 1. The van der Waals surface area contributed by atoms with Gasteiger partial charge in [-0.25, -0.2) is 14.6 Å². The minimum Gasteiger partial charge on any atom is -0.467 e. The lowest BCUT2D eigenvalue weighted by atomic mass is 9.99. The van der Waals surface area contributed by atoms with Gasteiger partial charge in [0.1, 0.15) is 11.1 Å². The molecule has 1 amide bonds. The predicted octanol–water partition coefficient (Wildman–Crippen LogP) is 1.66. The zero-order valence-corrected chi connectivity index (χ0v) is 15.0. The molecular formula is C16H22N2O5S. The molecule has 0 saturated heterocycles. The number of hydrogen-bond acceptors (Lipinski definition) is 7. The van der Waals surface area contributed by atoms with Gasteiger partial charge in [0.15, 0.2) is 6.61 Å². The quantitative estimate of drug-likeness (QED) is 0.560. The van der Waals surface area contributed by atoms with E-state index in [0.717, 1.165) is 0 Å². The lowest BCUT2D eigenvalue weighted by Crippen LogP contribution is -2.47. The van der Waals surface area contributed by atoms with Crippen LogP contribution in [0.1, 0.15) is 30.6 Å². The highest BCUT2D eigenvalue weighted by molar-refractivity contribution is 7.98. The van der Waals surface area contributed by atoms with Crippen LogP contribution < -0.4 is 5.32 Å². The van der Waals surface area contributed by atoms with Gasteiger partial charge in [-0.15, -0.1) is 11.8 Å². The number of ether oxygens (including phenoxy) is 2. The Bertz CT molecular complexity index is 594. The van der Waals surface area contributed by atoms with E-state index in [1.165, 1.54) is 18.9 Å². The molecule has 1 heterocycles. The van der Waals surface area contributed by atoms with Crippen molar-refractivity contribution in [3.63, 3.8) is 0 Å². The largest absolute Gasteiger partial charge is 0.467 e. The van der Waals surface area contributed by atoms with Gasteiger partial charge in [0.2, 0.25) is 0 Å². The van der Waals surface area contributed by atoms with Gasteiger partial charge in [0.05, 0.1) is 12.7 Å². The second kappa shape index (κ2) is 9.92. The number of aromatic nitrogens is 1. The van der Waals surface area contributed by atoms with Gasteiger partial charge in [-0.05, 0) is 24.3 Å². The smallest absolute Gasteiger partial charge is 0.341 e. The summed E-state index contributed by atoms with van der Waals surface area (Å²) >= 11 is 1.31. The van der Waals surface area contributed by atoms with Crippen LogP contribution >= 0.6 is 11.8 Å². The third-order valence-electron chi connectivity index (χ3n) is 3.50. The van der Waals surface area contributed by atoms with Crippen LogP contribution in [0.4, 0.5) is 0 Å². The van der Waals surface area contributed by atoms with Crippen LogP contribution in [0.25, 0.3) is 0 Å². The summed E-state index contributed by atoms with van der Waals surface area (Å²) in [5.41, 5.74) is 0.296. The molecule has 1 N–H and O–H groups in total. The third kappa shape index (κ3) is 5.52. The van der Waals surface area contributed by atoms with Crippen molar-refractivity contribution >= 4 is 29.6 Å². The Hall–Kier alpha value is -2.09. The van der Waals surface area contributed by atoms with Crippen molar-refractivity contribution in [2.75, 3.05) is 20.0 Å². The first kappa shape index (κ1) is 20.0. The van der Waals surface area contributed by atoms with E-state index < -0.39 is 30.5 Å². The molecule has 0 saturated carbocycles. The molecule has 24 heavy (non-hydrogen) atoms. The number of amides is 1. The number of thioether (sulfide) groups is 1. The fourth-order valence-corrected chi connectivity index (χ4v) is 2.47. The zero-order valence-electron chi connectivity index (χ0n) is 14.2. The summed E-state index contributed by atoms with van der Waals surface area (Å²) < 4.78 is 9.69. The predicted molar refractivity (Wildman–Crippen MR) is 89.7 cm³/mol. The molecule has 2 atom stereocenters. The highest BCUT2D eigenvalue weighted by atomic mass is 32.2.